The maximum Gasteiger partial charge on any atom is 0.247 e. The molecule has 1 atom stereocenters. The van der Waals surface area contributed by atoms with Crippen molar-refractivity contribution in [1.29, 1.82) is 0 Å². The van der Waals surface area contributed by atoms with E-state index in [4.69, 9.17) is 4.42 Å². The Hall–Kier alpha value is -2.53. The van der Waals surface area contributed by atoms with E-state index in [2.05, 4.69) is 27.4 Å². The summed E-state index contributed by atoms with van der Waals surface area (Å²) in [5.41, 5.74) is 2.10. The highest BCUT2D eigenvalue weighted by Crippen LogP contribution is 2.17. The Morgan fingerprint density at radius 1 is 1.05 bits per heavy atom. The first kappa shape index (κ1) is 13.5. The van der Waals surface area contributed by atoms with Gasteiger partial charge in [-0.2, -0.15) is 0 Å². The van der Waals surface area contributed by atoms with Crippen LogP contribution in [0.3, 0.4) is 0 Å². The average Bonchev–Trinajstić information content (AvgIpc) is 3.03. The second kappa shape index (κ2) is 6.28. The summed E-state index contributed by atoms with van der Waals surface area (Å²) in [5, 5.41) is 11.5. The Morgan fingerprint density at radius 2 is 1.81 bits per heavy atom. The van der Waals surface area contributed by atoms with Crippen LogP contribution in [0.4, 0.5) is 0 Å². The van der Waals surface area contributed by atoms with E-state index < -0.39 is 0 Å². The van der Waals surface area contributed by atoms with Crippen molar-refractivity contribution in [3.05, 3.63) is 66.3 Å². The molecule has 0 aliphatic carbocycles. The quantitative estimate of drug-likeness (QED) is 0.778. The normalized spacial score (nSPS) is 12.2. The molecule has 0 radical (unpaired) electrons. The zero-order valence-electron chi connectivity index (χ0n) is 11.7. The number of pyridine rings is 1. The van der Waals surface area contributed by atoms with E-state index in [9.17, 15) is 0 Å². The fourth-order valence-corrected chi connectivity index (χ4v) is 2.03. The highest BCUT2D eigenvalue weighted by atomic mass is 16.4. The molecule has 0 saturated heterocycles. The van der Waals surface area contributed by atoms with Gasteiger partial charge in [0.15, 0.2) is 0 Å². The standard InChI is InChI=1S/C16H16N4O/c1-12(13-7-9-17-10-8-13)18-11-15-19-20-16(21-15)14-5-3-2-4-6-14/h2-10,12,18H,11H2,1H3/t12-/m1/s1. The van der Waals surface area contributed by atoms with Crippen molar-refractivity contribution in [2.45, 2.75) is 19.5 Å². The van der Waals surface area contributed by atoms with Gasteiger partial charge in [-0.3, -0.25) is 4.98 Å². The number of hydrogen-bond acceptors (Lipinski definition) is 5. The van der Waals surface area contributed by atoms with E-state index >= 15 is 0 Å². The van der Waals surface area contributed by atoms with E-state index in [1.807, 2.05) is 42.5 Å². The molecule has 106 valence electrons. The minimum absolute atomic E-state index is 0.195. The lowest BCUT2D eigenvalue weighted by Crippen LogP contribution is -2.18. The number of benzene rings is 1. The van der Waals surface area contributed by atoms with Gasteiger partial charge in [-0.1, -0.05) is 18.2 Å². The van der Waals surface area contributed by atoms with Crippen LogP contribution in [-0.4, -0.2) is 15.2 Å². The zero-order valence-corrected chi connectivity index (χ0v) is 11.7. The molecule has 21 heavy (non-hydrogen) atoms. The van der Waals surface area contributed by atoms with Crippen LogP contribution in [-0.2, 0) is 6.54 Å². The van der Waals surface area contributed by atoms with Crippen LogP contribution in [0.5, 0.6) is 0 Å². The molecule has 0 unspecified atom stereocenters. The second-order valence-electron chi connectivity index (χ2n) is 4.75. The van der Waals surface area contributed by atoms with Gasteiger partial charge in [0, 0.05) is 24.0 Å². The van der Waals surface area contributed by atoms with Crippen molar-refractivity contribution in [2.75, 3.05) is 0 Å². The van der Waals surface area contributed by atoms with Gasteiger partial charge >= 0.3 is 0 Å². The Balaban J connectivity index is 1.63. The third-order valence-electron chi connectivity index (χ3n) is 3.25. The fraction of sp³-hybridized carbons (Fsp3) is 0.188. The van der Waals surface area contributed by atoms with Gasteiger partial charge in [-0.25, -0.2) is 0 Å². The second-order valence-corrected chi connectivity index (χ2v) is 4.75. The number of nitrogens with zero attached hydrogens (tertiary/aromatic N) is 3. The van der Waals surface area contributed by atoms with Crippen molar-refractivity contribution < 1.29 is 4.42 Å². The Morgan fingerprint density at radius 3 is 2.57 bits per heavy atom. The molecule has 0 spiro atoms. The molecule has 2 aromatic heterocycles. The summed E-state index contributed by atoms with van der Waals surface area (Å²) >= 11 is 0. The number of hydrogen-bond donors (Lipinski definition) is 1. The molecule has 0 fully saturated rings. The first-order valence-electron chi connectivity index (χ1n) is 6.84. The Labute approximate surface area is 123 Å². The monoisotopic (exact) mass is 280 g/mol. The molecule has 3 aromatic rings. The molecule has 0 saturated carbocycles. The van der Waals surface area contributed by atoms with Gasteiger partial charge in [0.2, 0.25) is 11.8 Å². The summed E-state index contributed by atoms with van der Waals surface area (Å²) in [6.45, 7) is 2.62. The highest BCUT2D eigenvalue weighted by Gasteiger charge is 2.10. The third-order valence-corrected chi connectivity index (χ3v) is 3.25. The van der Waals surface area contributed by atoms with Crippen molar-refractivity contribution in [3.8, 4) is 11.5 Å². The smallest absolute Gasteiger partial charge is 0.247 e. The van der Waals surface area contributed by atoms with Crippen LogP contribution in [0.1, 0.15) is 24.4 Å². The largest absolute Gasteiger partial charge is 0.419 e. The highest BCUT2D eigenvalue weighted by molar-refractivity contribution is 5.51. The SMILES string of the molecule is C[C@@H](NCc1nnc(-c2ccccc2)o1)c1ccncc1. The van der Waals surface area contributed by atoms with Crippen LogP contribution in [0.25, 0.3) is 11.5 Å². The van der Waals surface area contributed by atoms with Gasteiger partial charge in [0.25, 0.3) is 0 Å². The molecule has 3 rings (SSSR count). The lowest BCUT2D eigenvalue weighted by Gasteiger charge is -2.11. The van der Waals surface area contributed by atoms with Crippen molar-refractivity contribution in [2.24, 2.45) is 0 Å². The summed E-state index contributed by atoms with van der Waals surface area (Å²) in [6.07, 6.45) is 3.57. The molecule has 0 bridgehead atoms. The van der Waals surface area contributed by atoms with E-state index in [0.29, 0.717) is 18.3 Å². The minimum atomic E-state index is 0.195. The van der Waals surface area contributed by atoms with Gasteiger partial charge in [-0.05, 0) is 36.8 Å². The predicted octanol–water partition coefficient (Wildman–Crippen LogP) is 2.98. The number of rotatable bonds is 5. The van der Waals surface area contributed by atoms with Crippen molar-refractivity contribution in [1.82, 2.24) is 20.5 Å². The number of nitrogens with one attached hydrogen (secondary N) is 1. The van der Waals surface area contributed by atoms with E-state index in [0.717, 1.165) is 5.56 Å². The summed E-state index contributed by atoms with van der Waals surface area (Å²) < 4.78 is 5.66. The van der Waals surface area contributed by atoms with Crippen LogP contribution in [0.2, 0.25) is 0 Å². The first-order chi connectivity index (χ1) is 10.3. The maximum absolute atomic E-state index is 5.66. The summed E-state index contributed by atoms with van der Waals surface area (Å²) in [4.78, 5) is 4.01. The average molecular weight is 280 g/mol. The fourth-order valence-electron chi connectivity index (χ4n) is 2.03. The predicted molar refractivity (Wildman–Crippen MR) is 79.2 cm³/mol. The number of aromatic nitrogens is 3. The van der Waals surface area contributed by atoms with Crippen LogP contribution in [0, 0.1) is 0 Å². The van der Waals surface area contributed by atoms with Crippen LogP contribution in [0.15, 0.2) is 59.3 Å². The summed E-state index contributed by atoms with van der Waals surface area (Å²) in [5.74, 6) is 1.12. The zero-order chi connectivity index (χ0) is 14.5. The summed E-state index contributed by atoms with van der Waals surface area (Å²) in [6, 6.07) is 13.9. The molecular formula is C16H16N4O. The summed E-state index contributed by atoms with van der Waals surface area (Å²) in [7, 11) is 0. The van der Waals surface area contributed by atoms with E-state index in [1.165, 1.54) is 5.56 Å². The molecule has 5 heteroatoms. The lowest BCUT2D eigenvalue weighted by atomic mass is 10.1. The molecular weight excluding hydrogens is 264 g/mol. The van der Waals surface area contributed by atoms with Crippen molar-refractivity contribution >= 4 is 0 Å². The van der Waals surface area contributed by atoms with Gasteiger partial charge < -0.3 is 9.73 Å². The molecule has 1 N–H and O–H groups in total. The van der Waals surface area contributed by atoms with Crippen LogP contribution < -0.4 is 5.32 Å². The van der Waals surface area contributed by atoms with Gasteiger partial charge in [0.1, 0.15) is 0 Å². The Bertz CT molecular complexity index is 682. The third kappa shape index (κ3) is 3.32. The molecule has 1 aromatic carbocycles. The lowest BCUT2D eigenvalue weighted by molar-refractivity contribution is 0.454. The minimum Gasteiger partial charge on any atom is -0.419 e. The van der Waals surface area contributed by atoms with Gasteiger partial charge in [-0.15, -0.1) is 10.2 Å². The first-order valence-corrected chi connectivity index (χ1v) is 6.84. The van der Waals surface area contributed by atoms with E-state index in [1.54, 1.807) is 12.4 Å². The molecule has 0 aliphatic rings. The van der Waals surface area contributed by atoms with E-state index in [-0.39, 0.29) is 6.04 Å². The molecule has 2 heterocycles. The maximum atomic E-state index is 5.66. The molecule has 0 aliphatic heterocycles. The van der Waals surface area contributed by atoms with Crippen molar-refractivity contribution in [3.63, 3.8) is 0 Å². The molecule has 0 amide bonds. The topological polar surface area (TPSA) is 63.8 Å². The Kier molecular flexibility index (Phi) is 4.02. The van der Waals surface area contributed by atoms with Crippen LogP contribution >= 0.6 is 0 Å². The molecule has 5 nitrogen and oxygen atoms in total. The van der Waals surface area contributed by atoms with Gasteiger partial charge in [0.05, 0.1) is 6.54 Å².